The molecule has 0 heterocycles. The van der Waals surface area contributed by atoms with Crippen LogP contribution in [0.5, 0.6) is 0 Å². The third kappa shape index (κ3) is 4.96. The highest BCUT2D eigenvalue weighted by Gasteiger charge is 2.47. The molecule has 3 nitrogen and oxygen atoms in total. The molecule has 2 N–H and O–H groups in total. The van der Waals surface area contributed by atoms with Gasteiger partial charge in [0.25, 0.3) is 0 Å². The number of alkyl halides is 3. The molecule has 1 aliphatic rings. The van der Waals surface area contributed by atoms with Crippen molar-refractivity contribution in [2.75, 3.05) is 6.54 Å². The van der Waals surface area contributed by atoms with Gasteiger partial charge in [0, 0.05) is 12.5 Å². The molecule has 1 fully saturated rings. The van der Waals surface area contributed by atoms with Crippen LogP contribution >= 0.6 is 0 Å². The summed E-state index contributed by atoms with van der Waals surface area (Å²) in [6.07, 6.45) is -3.32. The molecule has 0 aliphatic heterocycles. The van der Waals surface area contributed by atoms with Crippen molar-refractivity contribution in [3.05, 3.63) is 35.9 Å². The van der Waals surface area contributed by atoms with Crippen LogP contribution in [0.15, 0.2) is 30.3 Å². The summed E-state index contributed by atoms with van der Waals surface area (Å²) >= 11 is 0. The van der Waals surface area contributed by atoms with Gasteiger partial charge in [-0.05, 0) is 24.8 Å². The summed E-state index contributed by atoms with van der Waals surface area (Å²) in [5, 5.41) is 12.5. The van der Waals surface area contributed by atoms with E-state index in [0.717, 1.165) is 5.56 Å². The van der Waals surface area contributed by atoms with E-state index in [1.807, 2.05) is 6.07 Å². The van der Waals surface area contributed by atoms with Gasteiger partial charge in [0.05, 0.1) is 12.0 Å². The molecule has 0 bridgehead atoms. The van der Waals surface area contributed by atoms with Gasteiger partial charge in [0.1, 0.15) is 0 Å². The third-order valence-electron chi connectivity index (χ3n) is 4.42. The summed E-state index contributed by atoms with van der Waals surface area (Å²) < 4.78 is 39.0. The van der Waals surface area contributed by atoms with E-state index in [9.17, 15) is 23.1 Å². The van der Waals surface area contributed by atoms with Crippen molar-refractivity contribution in [2.45, 2.75) is 44.4 Å². The molecule has 128 valence electrons. The smallest absolute Gasteiger partial charge is 0.388 e. The average molecular weight is 329 g/mol. The molecule has 0 aromatic heterocycles. The number of carbonyl (C=O) groups excluding carboxylic acids is 1. The summed E-state index contributed by atoms with van der Waals surface area (Å²) in [5.41, 5.74) is 0.729. The quantitative estimate of drug-likeness (QED) is 0.867. The molecule has 1 aliphatic carbocycles. The van der Waals surface area contributed by atoms with Gasteiger partial charge in [0.2, 0.25) is 5.91 Å². The lowest BCUT2D eigenvalue weighted by atomic mass is 9.78. The zero-order chi connectivity index (χ0) is 16.9. The Morgan fingerprint density at radius 3 is 2.52 bits per heavy atom. The van der Waals surface area contributed by atoms with Gasteiger partial charge in [-0.15, -0.1) is 0 Å². The fourth-order valence-corrected chi connectivity index (χ4v) is 3.14. The topological polar surface area (TPSA) is 49.3 Å². The van der Waals surface area contributed by atoms with Gasteiger partial charge in [-0.2, -0.15) is 13.2 Å². The molecule has 1 saturated carbocycles. The fourth-order valence-electron chi connectivity index (χ4n) is 3.14. The first-order valence-electron chi connectivity index (χ1n) is 7.97. The average Bonchev–Trinajstić information content (AvgIpc) is 2.54. The number of hydrogen-bond donors (Lipinski definition) is 2. The Hall–Kier alpha value is -1.56. The van der Waals surface area contributed by atoms with Crippen molar-refractivity contribution >= 4 is 5.91 Å². The number of rotatable bonds is 5. The molecule has 1 aromatic rings. The number of benzene rings is 1. The van der Waals surface area contributed by atoms with Crippen molar-refractivity contribution in [3.8, 4) is 0 Å². The van der Waals surface area contributed by atoms with E-state index in [1.54, 1.807) is 24.3 Å². The van der Waals surface area contributed by atoms with Crippen LogP contribution in [-0.2, 0) is 4.79 Å². The van der Waals surface area contributed by atoms with Crippen LogP contribution in [0.3, 0.4) is 0 Å². The Bertz CT molecular complexity index is 504. The normalized spacial score (nSPS) is 23.3. The van der Waals surface area contributed by atoms with Gasteiger partial charge in [0.15, 0.2) is 0 Å². The number of carbonyl (C=O) groups is 1. The molecule has 0 radical (unpaired) electrons. The highest BCUT2D eigenvalue weighted by molar-refractivity contribution is 5.79. The summed E-state index contributed by atoms with van der Waals surface area (Å²) in [6.45, 7) is 0.163. The third-order valence-corrected chi connectivity index (χ3v) is 4.42. The van der Waals surface area contributed by atoms with Crippen LogP contribution in [0.1, 0.15) is 43.8 Å². The number of nitrogens with one attached hydrogen (secondary N) is 1. The van der Waals surface area contributed by atoms with E-state index in [2.05, 4.69) is 5.32 Å². The second-order valence-electron chi connectivity index (χ2n) is 6.05. The molecule has 1 amide bonds. The highest BCUT2D eigenvalue weighted by atomic mass is 19.4. The lowest BCUT2D eigenvalue weighted by Gasteiger charge is -2.32. The summed E-state index contributed by atoms with van der Waals surface area (Å²) in [5.74, 6) is -3.10. The molecular weight excluding hydrogens is 307 g/mol. The number of halogens is 3. The SMILES string of the molecule is O=C(NCCC(O)c1ccccc1)C1CCCCC1C(F)(F)F. The number of hydrogen-bond acceptors (Lipinski definition) is 2. The molecule has 3 atom stereocenters. The first-order chi connectivity index (χ1) is 10.9. The molecule has 6 heteroatoms. The van der Waals surface area contributed by atoms with Crippen molar-refractivity contribution in [3.63, 3.8) is 0 Å². The number of aliphatic hydroxyl groups excluding tert-OH is 1. The highest BCUT2D eigenvalue weighted by Crippen LogP contribution is 2.41. The van der Waals surface area contributed by atoms with Gasteiger partial charge in [-0.25, -0.2) is 0 Å². The van der Waals surface area contributed by atoms with E-state index >= 15 is 0 Å². The van der Waals surface area contributed by atoms with E-state index in [1.165, 1.54) is 0 Å². The van der Waals surface area contributed by atoms with E-state index in [4.69, 9.17) is 0 Å². The fraction of sp³-hybridized carbons (Fsp3) is 0.588. The maximum atomic E-state index is 13.0. The maximum Gasteiger partial charge on any atom is 0.392 e. The predicted molar refractivity (Wildman–Crippen MR) is 80.5 cm³/mol. The molecule has 3 unspecified atom stereocenters. The summed E-state index contributed by atoms with van der Waals surface area (Å²) in [4.78, 5) is 12.1. The second-order valence-corrected chi connectivity index (χ2v) is 6.05. The maximum absolute atomic E-state index is 13.0. The molecule has 23 heavy (non-hydrogen) atoms. The van der Waals surface area contributed by atoms with Crippen LogP contribution in [0.4, 0.5) is 13.2 Å². The van der Waals surface area contributed by atoms with Crippen molar-refractivity contribution < 1.29 is 23.1 Å². The first kappa shape index (κ1) is 17.8. The Labute approximate surface area is 133 Å². The van der Waals surface area contributed by atoms with Crippen molar-refractivity contribution in [2.24, 2.45) is 11.8 Å². The minimum atomic E-state index is -4.33. The van der Waals surface area contributed by atoms with Crippen LogP contribution < -0.4 is 5.32 Å². The van der Waals surface area contributed by atoms with Crippen molar-refractivity contribution in [1.82, 2.24) is 5.32 Å². The molecule has 2 rings (SSSR count). The Balaban J connectivity index is 1.84. The molecule has 0 saturated heterocycles. The first-order valence-corrected chi connectivity index (χ1v) is 7.97. The Morgan fingerprint density at radius 1 is 1.22 bits per heavy atom. The molecular formula is C17H22F3NO2. The van der Waals surface area contributed by atoms with Crippen LogP contribution in [0.25, 0.3) is 0 Å². The molecule has 0 spiro atoms. The van der Waals surface area contributed by atoms with Gasteiger partial charge in [-0.3, -0.25) is 4.79 Å². The standard InChI is InChI=1S/C17H22F3NO2/c18-17(19,20)14-9-5-4-8-13(14)16(23)21-11-10-15(22)12-6-2-1-3-7-12/h1-3,6-7,13-15,22H,4-5,8-11H2,(H,21,23). The Kier molecular flexibility index (Phi) is 6.04. The Morgan fingerprint density at radius 2 is 1.87 bits per heavy atom. The van der Waals surface area contributed by atoms with Crippen LogP contribution in [0.2, 0.25) is 0 Å². The van der Waals surface area contributed by atoms with Gasteiger partial charge >= 0.3 is 6.18 Å². The van der Waals surface area contributed by atoms with Crippen molar-refractivity contribution in [1.29, 1.82) is 0 Å². The zero-order valence-corrected chi connectivity index (χ0v) is 12.9. The second kappa shape index (κ2) is 7.81. The largest absolute Gasteiger partial charge is 0.392 e. The van der Waals surface area contributed by atoms with Gasteiger partial charge in [-0.1, -0.05) is 43.2 Å². The number of aliphatic hydroxyl groups is 1. The van der Waals surface area contributed by atoms with Crippen LogP contribution in [0, 0.1) is 11.8 Å². The van der Waals surface area contributed by atoms with E-state index < -0.39 is 30.0 Å². The van der Waals surface area contributed by atoms with E-state index in [-0.39, 0.29) is 25.8 Å². The summed E-state index contributed by atoms with van der Waals surface area (Å²) in [6, 6.07) is 8.97. The minimum absolute atomic E-state index is 0.0221. The monoisotopic (exact) mass is 329 g/mol. The van der Waals surface area contributed by atoms with Gasteiger partial charge < -0.3 is 10.4 Å². The number of amides is 1. The van der Waals surface area contributed by atoms with E-state index in [0.29, 0.717) is 12.8 Å². The zero-order valence-electron chi connectivity index (χ0n) is 12.9. The predicted octanol–water partition coefficient (Wildman–Crippen LogP) is 3.60. The lowest BCUT2D eigenvalue weighted by Crippen LogP contribution is -2.42. The summed E-state index contributed by atoms with van der Waals surface area (Å²) in [7, 11) is 0. The molecule has 1 aromatic carbocycles. The lowest BCUT2D eigenvalue weighted by molar-refractivity contribution is -0.198. The van der Waals surface area contributed by atoms with Crippen LogP contribution in [-0.4, -0.2) is 23.7 Å². The minimum Gasteiger partial charge on any atom is -0.388 e.